The second kappa shape index (κ2) is 4.10. The molecule has 70 valence electrons. The summed E-state index contributed by atoms with van der Waals surface area (Å²) in [5, 5.41) is 17.8. The molecule has 0 fully saturated rings. The molecule has 1 unspecified atom stereocenters. The SMILES string of the molecule is O=C(O)C[PH](=O)c1ccccc1O. The number of carbonyl (C=O) groups is 1. The summed E-state index contributed by atoms with van der Waals surface area (Å²) in [6, 6.07) is 6.06. The van der Waals surface area contributed by atoms with E-state index in [1.165, 1.54) is 12.1 Å². The third-order valence-corrected chi connectivity index (χ3v) is 3.16. The number of aromatic hydroxyl groups is 1. The van der Waals surface area contributed by atoms with Gasteiger partial charge in [0.25, 0.3) is 0 Å². The molecule has 2 N–H and O–H groups in total. The zero-order chi connectivity index (χ0) is 9.84. The predicted molar refractivity (Wildman–Crippen MR) is 49.2 cm³/mol. The van der Waals surface area contributed by atoms with Gasteiger partial charge in [0.2, 0.25) is 0 Å². The van der Waals surface area contributed by atoms with Crippen LogP contribution in [0.15, 0.2) is 24.3 Å². The fourth-order valence-electron chi connectivity index (χ4n) is 0.942. The van der Waals surface area contributed by atoms with E-state index in [9.17, 15) is 14.5 Å². The van der Waals surface area contributed by atoms with Gasteiger partial charge in [-0.25, -0.2) is 0 Å². The molecule has 5 heteroatoms. The fraction of sp³-hybridized carbons (Fsp3) is 0.125. The van der Waals surface area contributed by atoms with Crippen molar-refractivity contribution in [3.63, 3.8) is 0 Å². The van der Waals surface area contributed by atoms with Crippen molar-refractivity contribution in [1.82, 2.24) is 0 Å². The standard InChI is InChI=1S/C8H9O4P/c9-6-3-1-2-4-7(6)13(12)5-8(10)11/h1-4,9,13H,5H2,(H,10,11). The normalized spacial score (nSPS) is 12.3. The number of hydrogen-bond acceptors (Lipinski definition) is 3. The minimum atomic E-state index is -2.40. The molecule has 1 atom stereocenters. The third-order valence-electron chi connectivity index (χ3n) is 1.52. The Balaban J connectivity index is 2.89. The lowest BCUT2D eigenvalue weighted by atomic mass is 10.3. The van der Waals surface area contributed by atoms with Gasteiger partial charge in [0, 0.05) is 0 Å². The third kappa shape index (κ3) is 2.60. The van der Waals surface area contributed by atoms with Gasteiger partial charge >= 0.3 is 5.97 Å². The van der Waals surface area contributed by atoms with Gasteiger partial charge in [0.1, 0.15) is 19.7 Å². The van der Waals surface area contributed by atoms with Crippen LogP contribution >= 0.6 is 7.80 Å². The first-order chi connectivity index (χ1) is 6.11. The van der Waals surface area contributed by atoms with Gasteiger partial charge in [0.05, 0.1) is 5.30 Å². The molecule has 0 bridgehead atoms. The van der Waals surface area contributed by atoms with Crippen molar-refractivity contribution < 1.29 is 19.6 Å². The lowest BCUT2D eigenvalue weighted by Crippen LogP contribution is -2.05. The van der Waals surface area contributed by atoms with Crippen molar-refractivity contribution in [3.8, 4) is 5.75 Å². The maximum absolute atomic E-state index is 11.3. The monoisotopic (exact) mass is 200 g/mol. The van der Waals surface area contributed by atoms with Crippen molar-refractivity contribution >= 4 is 19.1 Å². The van der Waals surface area contributed by atoms with Crippen LogP contribution in [0.25, 0.3) is 0 Å². The zero-order valence-electron chi connectivity index (χ0n) is 6.73. The van der Waals surface area contributed by atoms with Gasteiger partial charge in [-0.3, -0.25) is 4.79 Å². The average molecular weight is 200 g/mol. The highest BCUT2D eigenvalue weighted by Gasteiger charge is 2.11. The van der Waals surface area contributed by atoms with Gasteiger partial charge in [-0.2, -0.15) is 0 Å². The number of hydrogen-bond donors (Lipinski definition) is 2. The van der Waals surface area contributed by atoms with Gasteiger partial charge < -0.3 is 14.8 Å². The van der Waals surface area contributed by atoms with E-state index in [-0.39, 0.29) is 11.1 Å². The number of para-hydroxylation sites is 1. The van der Waals surface area contributed by atoms with Crippen LogP contribution < -0.4 is 5.30 Å². The van der Waals surface area contributed by atoms with Gasteiger partial charge in [-0.05, 0) is 12.1 Å². The number of rotatable bonds is 3. The Bertz CT molecular complexity index is 348. The van der Waals surface area contributed by atoms with Crippen molar-refractivity contribution in [3.05, 3.63) is 24.3 Å². The summed E-state index contributed by atoms with van der Waals surface area (Å²) in [7, 11) is -2.40. The summed E-state index contributed by atoms with van der Waals surface area (Å²) < 4.78 is 11.3. The molecule has 0 saturated carbocycles. The molecule has 4 nitrogen and oxygen atoms in total. The molecule has 0 aliphatic carbocycles. The Kier molecular flexibility index (Phi) is 3.09. The smallest absolute Gasteiger partial charge is 0.310 e. The number of benzene rings is 1. The van der Waals surface area contributed by atoms with Crippen LogP contribution in [0.5, 0.6) is 5.75 Å². The molecule has 0 amide bonds. The van der Waals surface area contributed by atoms with Crippen LogP contribution in [0.4, 0.5) is 0 Å². The highest BCUT2D eigenvalue weighted by Crippen LogP contribution is 2.24. The number of carboxylic acids is 1. The number of carboxylic acid groups (broad SMARTS) is 1. The van der Waals surface area contributed by atoms with Crippen molar-refractivity contribution in [2.75, 3.05) is 6.16 Å². The van der Waals surface area contributed by atoms with Crippen LogP contribution in [0.2, 0.25) is 0 Å². The Morgan fingerprint density at radius 2 is 2.00 bits per heavy atom. The molecule has 0 aliphatic heterocycles. The zero-order valence-corrected chi connectivity index (χ0v) is 7.73. The molecule has 1 aromatic rings. The lowest BCUT2D eigenvalue weighted by Gasteiger charge is -2.01. The topological polar surface area (TPSA) is 74.6 Å². The van der Waals surface area contributed by atoms with E-state index in [0.29, 0.717) is 0 Å². The molecule has 0 saturated heterocycles. The van der Waals surface area contributed by atoms with E-state index in [1.807, 2.05) is 0 Å². The molecular weight excluding hydrogens is 191 g/mol. The highest BCUT2D eigenvalue weighted by atomic mass is 31.1. The molecule has 13 heavy (non-hydrogen) atoms. The molecule has 1 aromatic carbocycles. The quantitative estimate of drug-likeness (QED) is 0.703. The highest BCUT2D eigenvalue weighted by molar-refractivity contribution is 7.54. The minimum absolute atomic E-state index is 0.104. The first-order valence-corrected chi connectivity index (χ1v) is 5.26. The number of phenolic OH excluding ortho intramolecular Hbond substituents is 1. The maximum atomic E-state index is 11.3. The van der Waals surface area contributed by atoms with Crippen LogP contribution in [-0.2, 0) is 9.36 Å². The molecule has 0 aliphatic rings. The summed E-state index contributed by atoms with van der Waals surface area (Å²) in [4.78, 5) is 10.2. The van der Waals surface area contributed by atoms with Crippen LogP contribution in [0.3, 0.4) is 0 Å². The van der Waals surface area contributed by atoms with Crippen molar-refractivity contribution in [2.24, 2.45) is 0 Å². The molecule has 0 spiro atoms. The van der Waals surface area contributed by atoms with E-state index in [0.717, 1.165) is 0 Å². The molecule has 0 radical (unpaired) electrons. The summed E-state index contributed by atoms with van der Waals surface area (Å²) in [6.45, 7) is 0. The Labute approximate surface area is 75.6 Å². The van der Waals surface area contributed by atoms with E-state index in [2.05, 4.69) is 0 Å². The number of phenols is 1. The fourth-order valence-corrected chi connectivity index (χ4v) is 2.06. The van der Waals surface area contributed by atoms with Gasteiger partial charge in [-0.15, -0.1) is 0 Å². The van der Waals surface area contributed by atoms with Crippen LogP contribution in [-0.4, -0.2) is 22.3 Å². The van der Waals surface area contributed by atoms with Crippen molar-refractivity contribution in [2.45, 2.75) is 0 Å². The summed E-state index contributed by atoms with van der Waals surface area (Å²) in [5.74, 6) is -1.22. The Morgan fingerprint density at radius 3 is 2.54 bits per heavy atom. The first-order valence-electron chi connectivity index (χ1n) is 3.64. The Morgan fingerprint density at radius 1 is 1.38 bits per heavy atom. The predicted octanol–water partition coefficient (Wildman–Crippen LogP) is 0.662. The molecule has 0 heterocycles. The van der Waals surface area contributed by atoms with E-state index < -0.39 is 19.9 Å². The van der Waals surface area contributed by atoms with E-state index >= 15 is 0 Å². The van der Waals surface area contributed by atoms with Crippen molar-refractivity contribution in [1.29, 1.82) is 0 Å². The summed E-state index contributed by atoms with van der Waals surface area (Å²) in [6.07, 6.45) is -0.414. The second-order valence-electron chi connectivity index (χ2n) is 2.51. The first kappa shape index (κ1) is 9.81. The summed E-state index contributed by atoms with van der Waals surface area (Å²) >= 11 is 0. The van der Waals surface area contributed by atoms with Gasteiger partial charge in [-0.1, -0.05) is 12.1 Å². The van der Waals surface area contributed by atoms with Crippen LogP contribution in [0.1, 0.15) is 0 Å². The van der Waals surface area contributed by atoms with Crippen LogP contribution in [0, 0.1) is 0 Å². The molecule has 0 aromatic heterocycles. The molecular formula is C8H9O4P. The minimum Gasteiger partial charge on any atom is -0.507 e. The number of aliphatic carboxylic acids is 1. The van der Waals surface area contributed by atoms with Gasteiger partial charge in [0.15, 0.2) is 0 Å². The largest absolute Gasteiger partial charge is 0.507 e. The average Bonchev–Trinajstić information content (AvgIpc) is 2.03. The second-order valence-corrected chi connectivity index (χ2v) is 4.25. The Hall–Kier alpha value is -1.28. The lowest BCUT2D eigenvalue weighted by molar-refractivity contribution is -0.134. The van der Waals surface area contributed by atoms with E-state index in [4.69, 9.17) is 5.11 Å². The summed E-state index contributed by atoms with van der Waals surface area (Å²) in [5.41, 5.74) is 0. The molecule has 1 rings (SSSR count). The maximum Gasteiger partial charge on any atom is 0.310 e. The van der Waals surface area contributed by atoms with E-state index in [1.54, 1.807) is 12.1 Å².